The van der Waals surface area contributed by atoms with Gasteiger partial charge in [-0.1, -0.05) is 12.1 Å². The number of rotatable bonds is 4. The number of carbonyl (C=O) groups is 1. The SMILES string of the molecule is Nc1ccc(NC(=O)COc2ccccc2I)cc1. The van der Waals surface area contributed by atoms with Crippen LogP contribution in [0.5, 0.6) is 5.75 Å². The van der Waals surface area contributed by atoms with E-state index in [9.17, 15) is 4.79 Å². The highest BCUT2D eigenvalue weighted by Crippen LogP contribution is 2.19. The minimum Gasteiger partial charge on any atom is -0.483 e. The largest absolute Gasteiger partial charge is 0.483 e. The summed E-state index contributed by atoms with van der Waals surface area (Å²) in [6, 6.07) is 14.5. The van der Waals surface area contributed by atoms with Crippen molar-refractivity contribution in [2.24, 2.45) is 0 Å². The molecule has 2 aromatic rings. The lowest BCUT2D eigenvalue weighted by atomic mass is 10.3. The molecule has 0 atom stereocenters. The maximum atomic E-state index is 11.7. The molecule has 0 bridgehead atoms. The summed E-state index contributed by atoms with van der Waals surface area (Å²) in [5, 5.41) is 2.74. The van der Waals surface area contributed by atoms with Crippen LogP contribution in [0, 0.1) is 3.57 Å². The van der Waals surface area contributed by atoms with Crippen LogP contribution in [-0.4, -0.2) is 12.5 Å². The maximum absolute atomic E-state index is 11.7. The van der Waals surface area contributed by atoms with Gasteiger partial charge in [0.25, 0.3) is 5.91 Å². The molecule has 5 heteroatoms. The predicted molar refractivity (Wildman–Crippen MR) is 84.1 cm³/mol. The van der Waals surface area contributed by atoms with E-state index in [1.807, 2.05) is 24.3 Å². The number of hydrogen-bond acceptors (Lipinski definition) is 3. The third-order valence-electron chi connectivity index (χ3n) is 2.39. The van der Waals surface area contributed by atoms with Crippen LogP contribution >= 0.6 is 22.6 Å². The average molecular weight is 368 g/mol. The van der Waals surface area contributed by atoms with Gasteiger partial charge in [0.2, 0.25) is 0 Å². The lowest BCUT2D eigenvalue weighted by Gasteiger charge is -2.08. The molecule has 19 heavy (non-hydrogen) atoms. The molecule has 0 saturated carbocycles. The van der Waals surface area contributed by atoms with Crippen molar-refractivity contribution >= 4 is 39.9 Å². The molecule has 4 nitrogen and oxygen atoms in total. The Kier molecular flexibility index (Phi) is 4.62. The number of nitrogen functional groups attached to an aromatic ring is 1. The molecule has 0 saturated heterocycles. The number of halogens is 1. The van der Waals surface area contributed by atoms with Crippen molar-refractivity contribution in [1.82, 2.24) is 0 Å². The topological polar surface area (TPSA) is 64.3 Å². The van der Waals surface area contributed by atoms with Gasteiger partial charge in [-0.25, -0.2) is 0 Å². The molecule has 1 amide bonds. The zero-order valence-electron chi connectivity index (χ0n) is 10.1. The molecular weight excluding hydrogens is 355 g/mol. The highest BCUT2D eigenvalue weighted by Gasteiger charge is 2.05. The molecule has 3 N–H and O–H groups in total. The van der Waals surface area contributed by atoms with E-state index >= 15 is 0 Å². The molecule has 0 aliphatic rings. The Bertz CT molecular complexity index is 570. The fraction of sp³-hybridized carbons (Fsp3) is 0.0714. The van der Waals surface area contributed by atoms with E-state index in [0.717, 1.165) is 3.57 Å². The van der Waals surface area contributed by atoms with Crippen molar-refractivity contribution in [3.05, 3.63) is 52.1 Å². The van der Waals surface area contributed by atoms with Crippen LogP contribution in [0.15, 0.2) is 48.5 Å². The highest BCUT2D eigenvalue weighted by molar-refractivity contribution is 14.1. The molecule has 0 aromatic heterocycles. The number of nitrogens with one attached hydrogen (secondary N) is 1. The van der Waals surface area contributed by atoms with Gasteiger partial charge in [-0.15, -0.1) is 0 Å². The van der Waals surface area contributed by atoms with Crippen LogP contribution in [0.25, 0.3) is 0 Å². The number of hydrogen-bond donors (Lipinski definition) is 2. The Morgan fingerprint density at radius 3 is 2.53 bits per heavy atom. The zero-order valence-corrected chi connectivity index (χ0v) is 12.3. The zero-order chi connectivity index (χ0) is 13.7. The summed E-state index contributed by atoms with van der Waals surface area (Å²) < 4.78 is 6.42. The second-order valence-corrected chi connectivity index (χ2v) is 5.05. The lowest BCUT2D eigenvalue weighted by molar-refractivity contribution is -0.118. The van der Waals surface area contributed by atoms with Gasteiger partial charge in [-0.05, 0) is 59.0 Å². The number of anilines is 2. The minimum atomic E-state index is -0.204. The van der Waals surface area contributed by atoms with E-state index in [-0.39, 0.29) is 12.5 Å². The second-order valence-electron chi connectivity index (χ2n) is 3.89. The molecule has 0 fully saturated rings. The lowest BCUT2D eigenvalue weighted by Crippen LogP contribution is -2.20. The predicted octanol–water partition coefficient (Wildman–Crippen LogP) is 2.89. The van der Waals surface area contributed by atoms with Crippen molar-refractivity contribution in [2.75, 3.05) is 17.7 Å². The van der Waals surface area contributed by atoms with Gasteiger partial charge in [0.1, 0.15) is 5.75 Å². The molecule has 0 aliphatic heterocycles. The first-order valence-electron chi connectivity index (χ1n) is 5.68. The third-order valence-corrected chi connectivity index (χ3v) is 3.28. The van der Waals surface area contributed by atoms with E-state index in [2.05, 4.69) is 27.9 Å². The molecule has 0 radical (unpaired) electrons. The van der Waals surface area contributed by atoms with Gasteiger partial charge in [-0.2, -0.15) is 0 Å². The minimum absolute atomic E-state index is 0.0234. The normalized spacial score (nSPS) is 9.95. The number of amides is 1. The number of nitrogens with two attached hydrogens (primary N) is 1. The monoisotopic (exact) mass is 368 g/mol. The summed E-state index contributed by atoms with van der Waals surface area (Å²) in [7, 11) is 0. The third kappa shape index (κ3) is 4.13. The Morgan fingerprint density at radius 1 is 1.16 bits per heavy atom. The standard InChI is InChI=1S/C14H13IN2O2/c15-12-3-1-2-4-13(12)19-9-14(18)17-11-7-5-10(16)6-8-11/h1-8H,9,16H2,(H,17,18). The van der Waals surface area contributed by atoms with Crippen LogP contribution in [0.4, 0.5) is 11.4 Å². The summed E-state index contributed by atoms with van der Waals surface area (Å²) >= 11 is 2.16. The molecule has 0 spiro atoms. The average Bonchev–Trinajstić information content (AvgIpc) is 2.40. The van der Waals surface area contributed by atoms with E-state index in [0.29, 0.717) is 17.1 Å². The molecular formula is C14H13IN2O2. The van der Waals surface area contributed by atoms with Gasteiger partial charge < -0.3 is 15.8 Å². The summed E-state index contributed by atoms with van der Waals surface area (Å²) in [6.45, 7) is -0.0234. The van der Waals surface area contributed by atoms with Crippen LogP contribution in [0.2, 0.25) is 0 Å². The fourth-order valence-corrected chi connectivity index (χ4v) is 2.01. The quantitative estimate of drug-likeness (QED) is 0.645. The fourth-order valence-electron chi connectivity index (χ4n) is 1.47. The molecule has 98 valence electrons. The summed E-state index contributed by atoms with van der Waals surface area (Å²) in [4.78, 5) is 11.7. The van der Waals surface area contributed by atoms with Gasteiger partial charge >= 0.3 is 0 Å². The molecule has 2 aromatic carbocycles. The van der Waals surface area contributed by atoms with Crippen molar-refractivity contribution in [1.29, 1.82) is 0 Å². The van der Waals surface area contributed by atoms with Crippen LogP contribution in [-0.2, 0) is 4.79 Å². The van der Waals surface area contributed by atoms with E-state index < -0.39 is 0 Å². The summed E-state index contributed by atoms with van der Waals surface area (Å²) in [5.41, 5.74) is 6.93. The van der Waals surface area contributed by atoms with Crippen molar-refractivity contribution in [3.8, 4) is 5.75 Å². The number of benzene rings is 2. The van der Waals surface area contributed by atoms with Gasteiger partial charge in [0, 0.05) is 11.4 Å². The Hall–Kier alpha value is -1.76. The highest BCUT2D eigenvalue weighted by atomic mass is 127. The first-order valence-corrected chi connectivity index (χ1v) is 6.76. The molecule has 0 aliphatic carbocycles. The Morgan fingerprint density at radius 2 is 1.84 bits per heavy atom. The van der Waals surface area contributed by atoms with Gasteiger partial charge in [0.05, 0.1) is 3.57 Å². The first-order chi connectivity index (χ1) is 9.15. The summed E-state index contributed by atoms with van der Waals surface area (Å²) in [6.07, 6.45) is 0. The smallest absolute Gasteiger partial charge is 0.262 e. The maximum Gasteiger partial charge on any atom is 0.262 e. The Balaban J connectivity index is 1.88. The van der Waals surface area contributed by atoms with E-state index in [1.165, 1.54) is 0 Å². The number of carbonyl (C=O) groups excluding carboxylic acids is 1. The van der Waals surface area contributed by atoms with E-state index in [1.54, 1.807) is 24.3 Å². The van der Waals surface area contributed by atoms with Crippen molar-refractivity contribution < 1.29 is 9.53 Å². The Labute approximate surface area is 125 Å². The number of ether oxygens (including phenoxy) is 1. The second kappa shape index (κ2) is 6.42. The van der Waals surface area contributed by atoms with Gasteiger partial charge in [0.15, 0.2) is 6.61 Å². The molecule has 2 rings (SSSR count). The molecule has 0 heterocycles. The molecule has 0 unspecified atom stereocenters. The van der Waals surface area contributed by atoms with Crippen LogP contribution in [0.3, 0.4) is 0 Å². The first kappa shape index (κ1) is 13.7. The van der Waals surface area contributed by atoms with Crippen molar-refractivity contribution in [3.63, 3.8) is 0 Å². The van der Waals surface area contributed by atoms with Gasteiger partial charge in [-0.3, -0.25) is 4.79 Å². The van der Waals surface area contributed by atoms with Crippen LogP contribution in [0.1, 0.15) is 0 Å². The number of para-hydroxylation sites is 1. The summed E-state index contributed by atoms with van der Waals surface area (Å²) in [5.74, 6) is 0.500. The van der Waals surface area contributed by atoms with Crippen molar-refractivity contribution in [2.45, 2.75) is 0 Å². The van der Waals surface area contributed by atoms with E-state index in [4.69, 9.17) is 10.5 Å². The van der Waals surface area contributed by atoms with Crippen LogP contribution < -0.4 is 15.8 Å².